The third-order valence-corrected chi connectivity index (χ3v) is 4.01. The maximum absolute atomic E-state index is 10.5. The number of carboxylic acid groups (broad SMARTS) is 1. The van der Waals surface area contributed by atoms with Gasteiger partial charge in [0.15, 0.2) is 0 Å². The Labute approximate surface area is 139 Å². The largest absolute Gasteiger partial charge is 0.478 e. The van der Waals surface area contributed by atoms with Gasteiger partial charge >= 0.3 is 5.97 Å². The first-order chi connectivity index (χ1) is 9.97. The van der Waals surface area contributed by atoms with Crippen molar-refractivity contribution in [3.63, 3.8) is 0 Å². The van der Waals surface area contributed by atoms with Gasteiger partial charge < -0.3 is 9.84 Å². The van der Waals surface area contributed by atoms with Gasteiger partial charge in [-0.3, -0.25) is 0 Å². The summed E-state index contributed by atoms with van der Waals surface area (Å²) in [5, 5.41) is 9.37. The van der Waals surface area contributed by atoms with Crippen molar-refractivity contribution in [1.29, 1.82) is 0 Å². The zero-order valence-corrected chi connectivity index (χ0v) is 13.6. The molecule has 21 heavy (non-hydrogen) atoms. The first-order valence-corrected chi connectivity index (χ1v) is 7.34. The van der Waals surface area contributed by atoms with Gasteiger partial charge in [-0.25, -0.2) is 4.79 Å². The average Bonchev–Trinajstić information content (AvgIpc) is 2.43. The number of hydrogen-bond donors (Lipinski definition) is 1. The summed E-state index contributed by atoms with van der Waals surface area (Å²) in [6, 6.07) is 10.3. The molecule has 2 rings (SSSR count). The van der Waals surface area contributed by atoms with Crippen molar-refractivity contribution in [2.45, 2.75) is 0 Å². The van der Waals surface area contributed by atoms with E-state index >= 15 is 0 Å². The second-order valence-electron chi connectivity index (χ2n) is 4.01. The minimum atomic E-state index is -1.01. The summed E-state index contributed by atoms with van der Waals surface area (Å²) in [7, 11) is 0. The number of hydrogen-bond acceptors (Lipinski definition) is 2. The molecule has 0 aliphatic rings. The number of benzene rings is 2. The molecule has 0 spiro atoms. The summed E-state index contributed by atoms with van der Waals surface area (Å²) in [4.78, 5) is 10.5. The molecule has 3 nitrogen and oxygen atoms in total. The van der Waals surface area contributed by atoms with Crippen LogP contribution in [0.15, 0.2) is 46.9 Å². The molecule has 108 valence electrons. The molecular weight excluding hydrogens is 379 g/mol. The highest BCUT2D eigenvalue weighted by molar-refractivity contribution is 9.10. The molecule has 1 N–H and O–H groups in total. The minimum Gasteiger partial charge on any atom is -0.478 e. The molecule has 2 aromatic rings. The Bertz CT molecular complexity index is 714. The van der Waals surface area contributed by atoms with Crippen LogP contribution in [-0.4, -0.2) is 11.1 Å². The Morgan fingerprint density at radius 2 is 2.00 bits per heavy atom. The highest BCUT2D eigenvalue weighted by Gasteiger charge is 2.07. The van der Waals surface area contributed by atoms with Crippen molar-refractivity contribution < 1.29 is 14.6 Å². The second-order valence-corrected chi connectivity index (χ2v) is 5.65. The maximum atomic E-state index is 10.5. The molecule has 0 aliphatic carbocycles. The third-order valence-electron chi connectivity index (χ3n) is 2.52. The molecule has 0 bridgehead atoms. The quantitative estimate of drug-likeness (QED) is 0.690. The van der Waals surface area contributed by atoms with E-state index in [1.54, 1.807) is 36.4 Å². The van der Waals surface area contributed by atoms with Crippen LogP contribution in [0.2, 0.25) is 10.0 Å². The molecule has 0 fully saturated rings. The summed E-state index contributed by atoms with van der Waals surface area (Å²) in [5.41, 5.74) is 0.724. The van der Waals surface area contributed by atoms with E-state index in [0.29, 0.717) is 26.0 Å². The molecule has 0 unspecified atom stereocenters. The van der Waals surface area contributed by atoms with Crippen LogP contribution in [0.1, 0.15) is 5.56 Å². The van der Waals surface area contributed by atoms with E-state index < -0.39 is 5.97 Å². The molecule has 0 amide bonds. The monoisotopic (exact) mass is 386 g/mol. The van der Waals surface area contributed by atoms with Crippen molar-refractivity contribution in [1.82, 2.24) is 0 Å². The molecule has 0 atom stereocenters. The number of ether oxygens (including phenoxy) is 1. The summed E-state index contributed by atoms with van der Waals surface area (Å²) < 4.78 is 6.37. The Hall–Kier alpha value is -1.49. The smallest absolute Gasteiger partial charge is 0.328 e. The second kappa shape index (κ2) is 6.98. The predicted octanol–water partition coefficient (Wildman–Crippen LogP) is 5.65. The third kappa shape index (κ3) is 4.24. The van der Waals surface area contributed by atoms with Crippen LogP contribution in [0.5, 0.6) is 11.5 Å². The van der Waals surface area contributed by atoms with Crippen LogP contribution in [0.4, 0.5) is 0 Å². The van der Waals surface area contributed by atoms with Gasteiger partial charge in [0.05, 0.1) is 5.02 Å². The summed E-state index contributed by atoms with van der Waals surface area (Å²) in [5.74, 6) is -0.00338. The Balaban J connectivity index is 2.24. The van der Waals surface area contributed by atoms with Crippen LogP contribution in [0.25, 0.3) is 6.08 Å². The van der Waals surface area contributed by atoms with Crippen molar-refractivity contribution in [2.24, 2.45) is 0 Å². The van der Waals surface area contributed by atoms with E-state index in [-0.39, 0.29) is 0 Å². The summed E-state index contributed by atoms with van der Waals surface area (Å²) in [6.07, 6.45) is 2.55. The molecule has 0 aromatic heterocycles. The van der Waals surface area contributed by atoms with Gasteiger partial charge in [-0.15, -0.1) is 0 Å². The topological polar surface area (TPSA) is 46.5 Å². The zero-order chi connectivity index (χ0) is 15.4. The average molecular weight is 388 g/mol. The number of carbonyl (C=O) groups is 1. The molecule has 6 heteroatoms. The van der Waals surface area contributed by atoms with Gasteiger partial charge in [-0.05, 0) is 35.9 Å². The normalized spacial score (nSPS) is 10.8. The van der Waals surface area contributed by atoms with Gasteiger partial charge in [0.2, 0.25) is 0 Å². The van der Waals surface area contributed by atoms with Crippen molar-refractivity contribution in [2.75, 3.05) is 0 Å². The Morgan fingerprint density at radius 3 is 2.67 bits per heavy atom. The number of halogens is 3. The van der Waals surface area contributed by atoms with Crippen LogP contribution >= 0.6 is 39.1 Å². The lowest BCUT2D eigenvalue weighted by atomic mass is 10.2. The van der Waals surface area contributed by atoms with Gasteiger partial charge in [-0.2, -0.15) is 0 Å². The van der Waals surface area contributed by atoms with E-state index in [1.807, 2.05) is 0 Å². The minimum absolute atomic E-state index is 0.338. The van der Waals surface area contributed by atoms with Gasteiger partial charge in [0.25, 0.3) is 0 Å². The highest BCUT2D eigenvalue weighted by Crippen LogP contribution is 2.35. The summed E-state index contributed by atoms with van der Waals surface area (Å²) >= 11 is 15.3. The van der Waals surface area contributed by atoms with Gasteiger partial charge in [0.1, 0.15) is 16.5 Å². The van der Waals surface area contributed by atoms with Crippen molar-refractivity contribution in [3.05, 3.63) is 62.6 Å². The van der Waals surface area contributed by atoms with Crippen LogP contribution in [0.3, 0.4) is 0 Å². The lowest BCUT2D eigenvalue weighted by Crippen LogP contribution is -1.88. The van der Waals surface area contributed by atoms with Crippen molar-refractivity contribution >= 4 is 51.2 Å². The first kappa shape index (κ1) is 15.9. The first-order valence-electron chi connectivity index (χ1n) is 5.80. The number of rotatable bonds is 4. The lowest BCUT2D eigenvalue weighted by molar-refractivity contribution is -0.131. The molecular formula is C15H9BrCl2O3. The van der Waals surface area contributed by atoms with Crippen molar-refractivity contribution in [3.8, 4) is 11.5 Å². The fourth-order valence-electron chi connectivity index (χ4n) is 1.56. The highest BCUT2D eigenvalue weighted by atomic mass is 79.9. The number of carboxylic acids is 1. The van der Waals surface area contributed by atoms with E-state index in [2.05, 4.69) is 15.9 Å². The fraction of sp³-hybridized carbons (Fsp3) is 0. The molecule has 0 saturated carbocycles. The van der Waals surface area contributed by atoms with E-state index in [1.165, 1.54) is 6.08 Å². The predicted molar refractivity (Wildman–Crippen MR) is 87.3 cm³/mol. The summed E-state index contributed by atoms with van der Waals surface area (Å²) in [6.45, 7) is 0. The van der Waals surface area contributed by atoms with E-state index in [4.69, 9.17) is 33.0 Å². The standard InChI is InChI=1S/C15H9BrCl2O3/c16-11-8-10(6-4-9(11)5-7-14(19)20)21-13-3-1-2-12(17)15(13)18/h1-8H,(H,19,20)/b7-5+. The van der Waals surface area contributed by atoms with E-state index in [0.717, 1.165) is 11.6 Å². The van der Waals surface area contributed by atoms with Crippen LogP contribution in [0, 0.1) is 0 Å². The number of aliphatic carboxylic acids is 1. The molecule has 0 saturated heterocycles. The molecule has 0 heterocycles. The SMILES string of the molecule is O=C(O)/C=C/c1ccc(Oc2cccc(Cl)c2Cl)cc1Br. The maximum Gasteiger partial charge on any atom is 0.328 e. The Morgan fingerprint density at radius 1 is 1.24 bits per heavy atom. The lowest BCUT2D eigenvalue weighted by Gasteiger charge is -2.09. The van der Waals surface area contributed by atoms with Gasteiger partial charge in [-0.1, -0.05) is 51.3 Å². The molecule has 2 aromatic carbocycles. The molecule has 0 aliphatic heterocycles. The Kier molecular flexibility index (Phi) is 5.28. The van der Waals surface area contributed by atoms with E-state index in [9.17, 15) is 4.79 Å². The van der Waals surface area contributed by atoms with Gasteiger partial charge in [0, 0.05) is 10.5 Å². The molecule has 0 radical (unpaired) electrons. The van der Waals surface area contributed by atoms with Crippen LogP contribution in [-0.2, 0) is 4.79 Å². The van der Waals surface area contributed by atoms with Crippen LogP contribution < -0.4 is 4.74 Å². The fourth-order valence-corrected chi connectivity index (χ4v) is 2.38. The zero-order valence-electron chi connectivity index (χ0n) is 10.5.